The van der Waals surface area contributed by atoms with Crippen molar-refractivity contribution in [1.29, 1.82) is 0 Å². The van der Waals surface area contributed by atoms with E-state index in [4.69, 9.17) is 10.7 Å². The van der Waals surface area contributed by atoms with Crippen LogP contribution in [0.25, 0.3) is 53.1 Å². The number of hydrogen-bond donors (Lipinski definition) is 1. The summed E-state index contributed by atoms with van der Waals surface area (Å²) in [7, 11) is 0. The summed E-state index contributed by atoms with van der Waals surface area (Å²) in [5, 5.41) is 5.03. The van der Waals surface area contributed by atoms with E-state index in [1.54, 1.807) is 0 Å². The summed E-state index contributed by atoms with van der Waals surface area (Å²) < 4.78 is 4.83. The summed E-state index contributed by atoms with van der Waals surface area (Å²) in [5.41, 5.74) is 14.4. The zero-order valence-electron chi connectivity index (χ0n) is 22.8. The van der Waals surface area contributed by atoms with Crippen molar-refractivity contribution in [3.05, 3.63) is 151 Å². The van der Waals surface area contributed by atoms with Gasteiger partial charge in [-0.15, -0.1) is 11.3 Å². The number of para-hydroxylation sites is 2. The Kier molecular flexibility index (Phi) is 5.95. The zero-order chi connectivity index (χ0) is 28.0. The highest BCUT2D eigenvalue weighted by Crippen LogP contribution is 2.39. The van der Waals surface area contributed by atoms with Gasteiger partial charge >= 0.3 is 0 Å². The molecule has 0 fully saturated rings. The van der Waals surface area contributed by atoms with E-state index in [1.807, 2.05) is 41.9 Å². The van der Waals surface area contributed by atoms with Crippen molar-refractivity contribution >= 4 is 65.3 Å². The van der Waals surface area contributed by atoms with Crippen LogP contribution in [0.1, 0.15) is 17.2 Å². The summed E-state index contributed by atoms with van der Waals surface area (Å²) in [6, 6.07) is 48.7. The fraction of sp³-hybridized carbons (Fsp3) is 0.0263. The molecule has 42 heavy (non-hydrogen) atoms. The molecule has 8 rings (SSSR count). The van der Waals surface area contributed by atoms with Gasteiger partial charge in [-0.1, -0.05) is 103 Å². The third-order valence-corrected chi connectivity index (χ3v) is 9.28. The molecule has 0 saturated carbocycles. The van der Waals surface area contributed by atoms with Crippen LogP contribution in [0.15, 0.2) is 145 Å². The number of nitrogens with zero attached hydrogens (tertiary/aromatic N) is 2. The fourth-order valence-electron chi connectivity index (χ4n) is 6.05. The number of benzene rings is 6. The minimum atomic E-state index is -0.308. The third kappa shape index (κ3) is 4.12. The molecule has 0 aliphatic carbocycles. The van der Waals surface area contributed by atoms with E-state index in [0.717, 1.165) is 33.4 Å². The average Bonchev–Trinajstić information content (AvgIpc) is 3.57. The van der Waals surface area contributed by atoms with Crippen LogP contribution >= 0.6 is 11.3 Å². The van der Waals surface area contributed by atoms with E-state index >= 15 is 0 Å². The van der Waals surface area contributed by atoms with Gasteiger partial charge in [0.15, 0.2) is 0 Å². The van der Waals surface area contributed by atoms with Gasteiger partial charge in [0.1, 0.15) is 6.34 Å². The smallest absolute Gasteiger partial charge is 0.100 e. The molecule has 4 heteroatoms. The van der Waals surface area contributed by atoms with Gasteiger partial charge in [-0.25, -0.2) is 4.99 Å². The molecule has 1 unspecified atom stereocenters. The summed E-state index contributed by atoms with van der Waals surface area (Å²) in [5.74, 6) is 0. The van der Waals surface area contributed by atoms with Crippen LogP contribution in [-0.2, 0) is 0 Å². The third-order valence-electron chi connectivity index (χ3n) is 8.15. The molecular formula is C38H27N3S. The second kappa shape index (κ2) is 10.1. The largest absolute Gasteiger partial charge is 0.320 e. The highest BCUT2D eigenvalue weighted by atomic mass is 32.1. The Balaban J connectivity index is 1.24. The molecule has 1 atom stereocenters. The lowest BCUT2D eigenvalue weighted by atomic mass is 9.95. The van der Waals surface area contributed by atoms with E-state index in [-0.39, 0.29) is 6.04 Å². The lowest BCUT2D eigenvalue weighted by Gasteiger charge is -2.16. The Hall–Kier alpha value is -5.03. The van der Waals surface area contributed by atoms with Gasteiger partial charge in [-0.3, -0.25) is 4.57 Å². The second-order valence-electron chi connectivity index (χ2n) is 10.6. The van der Waals surface area contributed by atoms with Crippen LogP contribution in [0.4, 0.5) is 5.69 Å². The molecule has 0 radical (unpaired) electrons. The molecule has 8 aromatic rings. The van der Waals surface area contributed by atoms with Crippen molar-refractivity contribution in [1.82, 2.24) is 4.57 Å². The van der Waals surface area contributed by atoms with Crippen molar-refractivity contribution in [2.24, 2.45) is 10.7 Å². The molecule has 0 bridgehead atoms. The highest BCUT2D eigenvalue weighted by molar-refractivity contribution is 7.25. The fourth-order valence-corrected chi connectivity index (χ4v) is 7.18. The molecule has 2 heterocycles. The lowest BCUT2D eigenvalue weighted by Crippen LogP contribution is -2.12. The van der Waals surface area contributed by atoms with Gasteiger partial charge in [-0.2, -0.15) is 0 Å². The van der Waals surface area contributed by atoms with E-state index < -0.39 is 0 Å². The molecule has 0 amide bonds. The Morgan fingerprint density at radius 3 is 2.21 bits per heavy atom. The number of nitrogens with two attached hydrogens (primary N) is 1. The summed E-state index contributed by atoms with van der Waals surface area (Å²) in [6.07, 6.45) is 1.96. The van der Waals surface area contributed by atoms with E-state index in [0.29, 0.717) is 0 Å². The standard InChI is InChI=1S/C38H27N3S/c39-38(27-14-10-13-26(21-27)25-11-2-1-3-12-25)30-17-4-7-18-33(30)40-24-41-34-19-8-5-15-28(34)31-23-37-32(22-35(31)41)29-16-6-9-20-36(29)42-37/h1-24,38H,39H2/b40-24+. The molecule has 2 N–H and O–H groups in total. The first-order valence-corrected chi connectivity index (χ1v) is 14.9. The van der Waals surface area contributed by atoms with E-state index in [1.165, 1.54) is 36.5 Å². The van der Waals surface area contributed by atoms with E-state index in [2.05, 4.69) is 120 Å². The normalized spacial score (nSPS) is 12.7. The van der Waals surface area contributed by atoms with Gasteiger partial charge in [0.2, 0.25) is 0 Å². The maximum Gasteiger partial charge on any atom is 0.100 e. The maximum atomic E-state index is 6.92. The molecule has 6 aromatic carbocycles. The molecule has 0 aliphatic rings. The Labute approximate surface area is 247 Å². The van der Waals surface area contributed by atoms with E-state index in [9.17, 15) is 0 Å². The van der Waals surface area contributed by atoms with Gasteiger partial charge in [0, 0.05) is 30.9 Å². The number of hydrogen-bond acceptors (Lipinski definition) is 3. The number of aliphatic imine (C=N–C) groups is 1. The van der Waals surface area contributed by atoms with Crippen LogP contribution in [-0.4, -0.2) is 10.9 Å². The number of aromatic nitrogens is 1. The Bertz CT molecular complexity index is 2270. The van der Waals surface area contributed by atoms with Crippen molar-refractivity contribution in [3.8, 4) is 11.1 Å². The second-order valence-corrected chi connectivity index (χ2v) is 11.7. The first-order chi connectivity index (χ1) is 20.7. The average molecular weight is 558 g/mol. The molecule has 0 saturated heterocycles. The Morgan fingerprint density at radius 1 is 0.571 bits per heavy atom. The number of fused-ring (bicyclic) bond motifs is 6. The van der Waals surface area contributed by atoms with Gasteiger partial charge in [0.25, 0.3) is 0 Å². The van der Waals surface area contributed by atoms with Crippen molar-refractivity contribution in [2.75, 3.05) is 0 Å². The molecule has 2 aromatic heterocycles. The highest BCUT2D eigenvalue weighted by Gasteiger charge is 2.16. The summed E-state index contributed by atoms with van der Waals surface area (Å²) in [4.78, 5) is 5.07. The van der Waals surface area contributed by atoms with Crippen LogP contribution in [0.3, 0.4) is 0 Å². The molecule has 0 spiro atoms. The maximum absolute atomic E-state index is 6.92. The topological polar surface area (TPSA) is 43.3 Å². The predicted octanol–water partition coefficient (Wildman–Crippen LogP) is 10.1. The van der Waals surface area contributed by atoms with Crippen LogP contribution in [0, 0.1) is 0 Å². The number of thiophene rings is 1. The zero-order valence-corrected chi connectivity index (χ0v) is 23.6. The monoisotopic (exact) mass is 557 g/mol. The molecule has 200 valence electrons. The van der Waals surface area contributed by atoms with Gasteiger partial charge < -0.3 is 5.73 Å². The van der Waals surface area contributed by atoms with Crippen LogP contribution in [0.2, 0.25) is 0 Å². The first-order valence-electron chi connectivity index (χ1n) is 14.1. The first kappa shape index (κ1) is 24.7. The number of rotatable bonds is 5. The van der Waals surface area contributed by atoms with Crippen molar-refractivity contribution < 1.29 is 0 Å². The minimum Gasteiger partial charge on any atom is -0.320 e. The van der Waals surface area contributed by atoms with Gasteiger partial charge in [-0.05, 0) is 58.7 Å². The molecule has 3 nitrogen and oxygen atoms in total. The molecular weight excluding hydrogens is 531 g/mol. The SMILES string of the molecule is NC(c1cccc(-c2ccccc2)c1)c1ccccc1/N=C/n1c2ccccc2c2cc3sc4ccccc4c3cc21. The van der Waals surface area contributed by atoms with Crippen molar-refractivity contribution in [2.45, 2.75) is 6.04 Å². The summed E-state index contributed by atoms with van der Waals surface area (Å²) >= 11 is 1.85. The van der Waals surface area contributed by atoms with Crippen molar-refractivity contribution in [3.63, 3.8) is 0 Å². The molecule has 0 aliphatic heterocycles. The quantitative estimate of drug-likeness (QED) is 0.166. The van der Waals surface area contributed by atoms with Crippen LogP contribution < -0.4 is 5.73 Å². The minimum absolute atomic E-state index is 0.308. The Morgan fingerprint density at radius 2 is 1.31 bits per heavy atom. The summed E-state index contributed by atoms with van der Waals surface area (Å²) in [6.45, 7) is 0. The van der Waals surface area contributed by atoms with Crippen LogP contribution in [0.5, 0.6) is 0 Å². The van der Waals surface area contributed by atoms with Gasteiger partial charge in [0.05, 0.1) is 22.8 Å². The lowest BCUT2D eigenvalue weighted by molar-refractivity contribution is 0.872. The predicted molar refractivity (Wildman–Crippen MR) is 180 cm³/mol.